The first kappa shape index (κ1) is 13.9. The van der Waals surface area contributed by atoms with Crippen LogP contribution in [0.15, 0.2) is 12.1 Å². The third kappa shape index (κ3) is 2.64. The maximum Gasteiger partial charge on any atom is 0.297 e. The fourth-order valence-corrected chi connectivity index (χ4v) is 3.06. The van der Waals surface area contributed by atoms with Gasteiger partial charge in [-0.05, 0) is 38.5 Å². The molecule has 118 valence electrons. The number of hydrogen-bond acceptors (Lipinski definition) is 3. The van der Waals surface area contributed by atoms with E-state index in [4.69, 9.17) is 9.47 Å². The van der Waals surface area contributed by atoms with Crippen molar-refractivity contribution in [2.75, 3.05) is 0 Å². The van der Waals surface area contributed by atoms with Crippen LogP contribution in [0.2, 0.25) is 0 Å². The minimum atomic E-state index is -0.346. The topological polar surface area (TPSA) is 36.3 Å². The Labute approximate surface area is 129 Å². The van der Waals surface area contributed by atoms with Crippen molar-refractivity contribution < 1.29 is 13.9 Å². The molecule has 0 amide bonds. The fraction of sp³-hybridized carbons (Fsp3) is 0.588. The minimum Gasteiger partial charge on any atom is -0.487 e. The number of benzene rings is 1. The zero-order valence-electron chi connectivity index (χ0n) is 12.8. The molecule has 0 N–H and O–H groups in total. The summed E-state index contributed by atoms with van der Waals surface area (Å²) in [5.74, 6) is -0.0241. The third-order valence-corrected chi connectivity index (χ3v) is 4.54. The van der Waals surface area contributed by atoms with E-state index in [1.807, 2.05) is 11.6 Å². The van der Waals surface area contributed by atoms with Crippen LogP contribution in [0.5, 0.6) is 11.8 Å². The lowest BCUT2D eigenvalue weighted by Crippen LogP contribution is -2.21. The Morgan fingerprint density at radius 3 is 2.50 bits per heavy atom. The number of halogens is 1. The quantitative estimate of drug-likeness (QED) is 0.857. The van der Waals surface area contributed by atoms with Crippen molar-refractivity contribution in [3.8, 4) is 11.8 Å². The van der Waals surface area contributed by atoms with Crippen LogP contribution in [0.1, 0.15) is 44.9 Å². The summed E-state index contributed by atoms with van der Waals surface area (Å²) < 4.78 is 27.6. The van der Waals surface area contributed by atoms with Gasteiger partial charge < -0.3 is 9.47 Å². The number of imidazole rings is 1. The van der Waals surface area contributed by atoms with Gasteiger partial charge in [0.15, 0.2) is 11.6 Å². The van der Waals surface area contributed by atoms with Gasteiger partial charge in [-0.25, -0.2) is 4.39 Å². The SMILES string of the molecule is Cn1c(OC2CCCCC2)nc2cc(F)c(OC3CC3)cc21. The molecule has 1 aromatic heterocycles. The van der Waals surface area contributed by atoms with Crippen molar-refractivity contribution in [1.29, 1.82) is 0 Å². The minimum absolute atomic E-state index is 0.179. The van der Waals surface area contributed by atoms with Crippen molar-refractivity contribution in [3.63, 3.8) is 0 Å². The van der Waals surface area contributed by atoms with Gasteiger partial charge in [0.25, 0.3) is 6.01 Å². The highest BCUT2D eigenvalue weighted by molar-refractivity contribution is 5.78. The van der Waals surface area contributed by atoms with E-state index in [1.165, 1.54) is 25.3 Å². The number of hydrogen-bond donors (Lipinski definition) is 0. The largest absolute Gasteiger partial charge is 0.487 e. The van der Waals surface area contributed by atoms with E-state index in [1.54, 1.807) is 6.07 Å². The molecule has 2 aromatic rings. The van der Waals surface area contributed by atoms with E-state index < -0.39 is 0 Å². The van der Waals surface area contributed by atoms with Crippen LogP contribution >= 0.6 is 0 Å². The Hall–Kier alpha value is -1.78. The monoisotopic (exact) mass is 304 g/mol. The molecule has 0 atom stereocenters. The molecule has 0 radical (unpaired) electrons. The van der Waals surface area contributed by atoms with Gasteiger partial charge in [0, 0.05) is 19.2 Å². The van der Waals surface area contributed by atoms with Gasteiger partial charge in [-0.3, -0.25) is 4.57 Å². The maximum atomic E-state index is 14.1. The van der Waals surface area contributed by atoms with E-state index in [0.717, 1.165) is 31.2 Å². The Morgan fingerprint density at radius 2 is 1.77 bits per heavy atom. The van der Waals surface area contributed by atoms with Crippen LogP contribution < -0.4 is 9.47 Å². The zero-order valence-corrected chi connectivity index (χ0v) is 12.8. The molecule has 1 aromatic carbocycles. The standard InChI is InChI=1S/C17H21FN2O2/c1-20-15-10-16(21-12-7-8-12)13(18)9-14(15)19-17(20)22-11-5-3-2-4-6-11/h9-12H,2-8H2,1H3. The highest BCUT2D eigenvalue weighted by Gasteiger charge is 2.26. The Morgan fingerprint density at radius 1 is 1.05 bits per heavy atom. The summed E-state index contributed by atoms with van der Waals surface area (Å²) in [6.45, 7) is 0. The molecule has 0 bridgehead atoms. The lowest BCUT2D eigenvalue weighted by Gasteiger charge is -2.22. The molecule has 2 saturated carbocycles. The molecule has 0 saturated heterocycles. The van der Waals surface area contributed by atoms with Gasteiger partial charge in [0.05, 0.1) is 17.1 Å². The predicted molar refractivity (Wildman–Crippen MR) is 81.8 cm³/mol. The van der Waals surface area contributed by atoms with Gasteiger partial charge in [-0.15, -0.1) is 0 Å². The summed E-state index contributed by atoms with van der Waals surface area (Å²) in [6, 6.07) is 3.76. The van der Waals surface area contributed by atoms with E-state index in [-0.39, 0.29) is 18.0 Å². The van der Waals surface area contributed by atoms with Crippen LogP contribution in [-0.2, 0) is 7.05 Å². The Balaban J connectivity index is 1.63. The summed E-state index contributed by atoms with van der Waals surface area (Å²) in [7, 11) is 1.91. The molecule has 4 rings (SSSR count). The van der Waals surface area contributed by atoms with Crippen molar-refractivity contribution in [2.24, 2.45) is 7.05 Å². The molecule has 0 spiro atoms. The summed E-state index contributed by atoms with van der Waals surface area (Å²) in [5.41, 5.74) is 1.47. The highest BCUT2D eigenvalue weighted by Crippen LogP contribution is 2.33. The van der Waals surface area contributed by atoms with E-state index in [2.05, 4.69) is 4.98 Å². The summed E-state index contributed by atoms with van der Waals surface area (Å²) >= 11 is 0. The molecular weight excluding hydrogens is 283 g/mol. The Kier molecular flexibility index (Phi) is 3.43. The molecule has 2 aliphatic carbocycles. The van der Waals surface area contributed by atoms with E-state index in [9.17, 15) is 4.39 Å². The molecule has 5 heteroatoms. The van der Waals surface area contributed by atoms with Gasteiger partial charge >= 0.3 is 0 Å². The van der Waals surface area contributed by atoms with Crippen molar-refractivity contribution >= 4 is 11.0 Å². The van der Waals surface area contributed by atoms with Crippen LogP contribution in [0.3, 0.4) is 0 Å². The lowest BCUT2D eigenvalue weighted by atomic mass is 9.98. The third-order valence-electron chi connectivity index (χ3n) is 4.54. The van der Waals surface area contributed by atoms with Gasteiger partial charge in [-0.1, -0.05) is 6.42 Å². The number of rotatable bonds is 4. The molecule has 4 nitrogen and oxygen atoms in total. The second-order valence-corrected chi connectivity index (χ2v) is 6.42. The van der Waals surface area contributed by atoms with Gasteiger partial charge in [0.2, 0.25) is 0 Å². The van der Waals surface area contributed by atoms with E-state index >= 15 is 0 Å². The predicted octanol–water partition coefficient (Wildman–Crippen LogP) is 3.97. The number of aromatic nitrogens is 2. The van der Waals surface area contributed by atoms with Crippen molar-refractivity contribution in [2.45, 2.75) is 57.2 Å². The molecule has 1 heterocycles. The zero-order chi connectivity index (χ0) is 15.1. The average molecular weight is 304 g/mol. The number of fused-ring (bicyclic) bond motifs is 1. The lowest BCUT2D eigenvalue weighted by molar-refractivity contribution is 0.138. The number of nitrogens with zero attached hydrogens (tertiary/aromatic N) is 2. The Bertz CT molecular complexity index is 688. The van der Waals surface area contributed by atoms with Crippen LogP contribution in [-0.4, -0.2) is 21.8 Å². The first-order valence-corrected chi connectivity index (χ1v) is 8.20. The number of aryl methyl sites for hydroxylation is 1. The van der Waals surface area contributed by atoms with Gasteiger partial charge in [-0.2, -0.15) is 4.98 Å². The number of ether oxygens (including phenoxy) is 2. The summed E-state index contributed by atoms with van der Waals surface area (Å²) in [4.78, 5) is 4.45. The summed E-state index contributed by atoms with van der Waals surface area (Å²) in [5, 5.41) is 0. The maximum absolute atomic E-state index is 14.1. The van der Waals surface area contributed by atoms with Gasteiger partial charge in [0.1, 0.15) is 6.10 Å². The van der Waals surface area contributed by atoms with Crippen LogP contribution in [0.4, 0.5) is 4.39 Å². The summed E-state index contributed by atoms with van der Waals surface area (Å²) in [6.07, 6.45) is 8.30. The molecule has 0 aliphatic heterocycles. The second kappa shape index (κ2) is 5.45. The molecule has 0 unspecified atom stereocenters. The average Bonchev–Trinajstić information content (AvgIpc) is 3.28. The molecule has 2 fully saturated rings. The smallest absolute Gasteiger partial charge is 0.297 e. The fourth-order valence-electron chi connectivity index (χ4n) is 3.06. The van der Waals surface area contributed by atoms with Crippen LogP contribution in [0.25, 0.3) is 11.0 Å². The van der Waals surface area contributed by atoms with Crippen molar-refractivity contribution in [1.82, 2.24) is 9.55 Å². The first-order valence-electron chi connectivity index (χ1n) is 8.20. The van der Waals surface area contributed by atoms with Crippen LogP contribution in [0, 0.1) is 5.82 Å². The second-order valence-electron chi connectivity index (χ2n) is 6.42. The van der Waals surface area contributed by atoms with E-state index in [0.29, 0.717) is 17.3 Å². The molecular formula is C17H21FN2O2. The molecule has 2 aliphatic rings. The van der Waals surface area contributed by atoms with Crippen molar-refractivity contribution in [3.05, 3.63) is 17.9 Å². The molecule has 22 heavy (non-hydrogen) atoms. The first-order chi connectivity index (χ1) is 10.7. The highest BCUT2D eigenvalue weighted by atomic mass is 19.1. The normalized spacial score (nSPS) is 19.5.